The van der Waals surface area contributed by atoms with E-state index in [1.807, 2.05) is 0 Å². The lowest BCUT2D eigenvalue weighted by Crippen LogP contribution is -2.16. The molecule has 0 saturated heterocycles. The molecule has 0 saturated carbocycles. The van der Waals surface area contributed by atoms with Crippen molar-refractivity contribution in [2.24, 2.45) is 11.8 Å². The van der Waals surface area contributed by atoms with E-state index in [4.69, 9.17) is 9.47 Å². The fraction of sp³-hybridized carbons (Fsp3) is 0.929. The summed E-state index contributed by atoms with van der Waals surface area (Å²) in [6, 6.07) is 0. The maximum Gasteiger partial charge on any atom is 0.306 e. The van der Waals surface area contributed by atoms with E-state index in [0.29, 0.717) is 37.9 Å². The van der Waals surface area contributed by atoms with Gasteiger partial charge >= 0.3 is 11.9 Å². The number of ether oxygens (including phenoxy) is 2. The molecule has 0 aliphatic carbocycles. The zero-order chi connectivity index (χ0) is 23.9. The van der Waals surface area contributed by atoms with Crippen LogP contribution in [0.1, 0.15) is 143 Å². The molecule has 0 rings (SSSR count). The van der Waals surface area contributed by atoms with Crippen molar-refractivity contribution in [3.63, 3.8) is 0 Å². The van der Waals surface area contributed by atoms with Gasteiger partial charge in [0.25, 0.3) is 0 Å². The number of hydrogen-bond acceptors (Lipinski definition) is 4. The standard InChI is InChI=1S/C28H54O4/c1-5-7-22-31-27(29)21-19-17-15-13-11-9-10-12-14-16-18-20-26(25(3)4)24-28(30)32-23-8-6-2/h25-26H,5-24H2,1-4H3. The van der Waals surface area contributed by atoms with Crippen molar-refractivity contribution < 1.29 is 19.1 Å². The van der Waals surface area contributed by atoms with E-state index >= 15 is 0 Å². The zero-order valence-corrected chi connectivity index (χ0v) is 21.9. The van der Waals surface area contributed by atoms with Gasteiger partial charge in [-0.05, 0) is 37.5 Å². The third-order valence-corrected chi connectivity index (χ3v) is 6.35. The van der Waals surface area contributed by atoms with Crippen molar-refractivity contribution in [1.82, 2.24) is 0 Å². The van der Waals surface area contributed by atoms with E-state index in [-0.39, 0.29) is 11.9 Å². The molecule has 1 atom stereocenters. The molecule has 1 unspecified atom stereocenters. The van der Waals surface area contributed by atoms with Gasteiger partial charge in [0.15, 0.2) is 0 Å². The van der Waals surface area contributed by atoms with Crippen LogP contribution in [0, 0.1) is 11.8 Å². The second kappa shape index (κ2) is 23.1. The number of esters is 2. The van der Waals surface area contributed by atoms with Crippen LogP contribution in [0.15, 0.2) is 0 Å². The Kier molecular flexibility index (Phi) is 22.3. The topological polar surface area (TPSA) is 52.6 Å². The maximum atomic E-state index is 12.0. The minimum absolute atomic E-state index is 0.0101. The highest BCUT2D eigenvalue weighted by Gasteiger charge is 2.18. The molecule has 0 heterocycles. The van der Waals surface area contributed by atoms with Crippen molar-refractivity contribution >= 4 is 11.9 Å². The molecule has 0 spiro atoms. The van der Waals surface area contributed by atoms with Gasteiger partial charge in [0.05, 0.1) is 13.2 Å². The van der Waals surface area contributed by atoms with Crippen LogP contribution in [0.5, 0.6) is 0 Å². The second-order valence-electron chi connectivity index (χ2n) is 9.78. The summed E-state index contributed by atoms with van der Waals surface area (Å²) in [5.41, 5.74) is 0. The Hall–Kier alpha value is -1.06. The van der Waals surface area contributed by atoms with E-state index in [9.17, 15) is 9.59 Å². The van der Waals surface area contributed by atoms with Gasteiger partial charge in [-0.15, -0.1) is 0 Å². The number of carbonyl (C=O) groups is 2. The number of unbranched alkanes of at least 4 members (excludes halogenated alkanes) is 12. The monoisotopic (exact) mass is 454 g/mol. The smallest absolute Gasteiger partial charge is 0.306 e. The lowest BCUT2D eigenvalue weighted by Gasteiger charge is -2.20. The Balaban J connectivity index is 3.49. The van der Waals surface area contributed by atoms with Crippen LogP contribution in [0.25, 0.3) is 0 Å². The van der Waals surface area contributed by atoms with Crippen LogP contribution in [-0.2, 0) is 19.1 Å². The molecule has 0 aliphatic rings. The summed E-state index contributed by atoms with van der Waals surface area (Å²) in [6.07, 6.45) is 20.2. The van der Waals surface area contributed by atoms with Crippen LogP contribution in [0.4, 0.5) is 0 Å². The summed E-state index contributed by atoms with van der Waals surface area (Å²) >= 11 is 0. The molecule has 0 aliphatic heterocycles. The molecule has 4 nitrogen and oxygen atoms in total. The first-order chi connectivity index (χ1) is 15.5. The van der Waals surface area contributed by atoms with Gasteiger partial charge in [-0.1, -0.05) is 105 Å². The number of rotatable bonds is 23. The predicted molar refractivity (Wildman–Crippen MR) is 135 cm³/mol. The summed E-state index contributed by atoms with van der Waals surface area (Å²) < 4.78 is 10.5. The molecule has 0 radical (unpaired) electrons. The quantitative estimate of drug-likeness (QED) is 0.115. The van der Waals surface area contributed by atoms with E-state index in [1.165, 1.54) is 57.8 Å². The fourth-order valence-electron chi connectivity index (χ4n) is 3.94. The molecule has 0 aromatic rings. The highest BCUT2D eigenvalue weighted by Crippen LogP contribution is 2.23. The van der Waals surface area contributed by atoms with Crippen LogP contribution in [0.2, 0.25) is 0 Å². The van der Waals surface area contributed by atoms with Crippen LogP contribution >= 0.6 is 0 Å². The predicted octanol–water partition coefficient (Wildman–Crippen LogP) is 8.41. The summed E-state index contributed by atoms with van der Waals surface area (Å²) in [5.74, 6) is 0.969. The van der Waals surface area contributed by atoms with E-state index in [1.54, 1.807) is 0 Å². The molecule has 0 bridgehead atoms. The molecule has 0 amide bonds. The number of hydrogen-bond donors (Lipinski definition) is 0. The molecular formula is C28H54O4. The van der Waals surface area contributed by atoms with Gasteiger partial charge in [-0.25, -0.2) is 0 Å². The van der Waals surface area contributed by atoms with E-state index in [0.717, 1.165) is 44.9 Å². The molecule has 0 N–H and O–H groups in total. The van der Waals surface area contributed by atoms with Gasteiger partial charge in [0.2, 0.25) is 0 Å². The lowest BCUT2D eigenvalue weighted by atomic mass is 9.87. The van der Waals surface area contributed by atoms with Crippen molar-refractivity contribution in [2.45, 2.75) is 143 Å². The van der Waals surface area contributed by atoms with Crippen LogP contribution in [0.3, 0.4) is 0 Å². The molecule has 190 valence electrons. The zero-order valence-electron chi connectivity index (χ0n) is 21.9. The first-order valence-electron chi connectivity index (χ1n) is 13.8. The van der Waals surface area contributed by atoms with Crippen LogP contribution in [-0.4, -0.2) is 25.2 Å². The minimum atomic E-state index is -0.0231. The molecule has 0 aromatic carbocycles. The number of carbonyl (C=O) groups excluding carboxylic acids is 2. The summed E-state index contributed by atoms with van der Waals surface area (Å²) in [5, 5.41) is 0. The van der Waals surface area contributed by atoms with E-state index in [2.05, 4.69) is 27.7 Å². The Morgan fingerprint density at radius 1 is 0.594 bits per heavy atom. The molecule has 0 fully saturated rings. The fourth-order valence-corrected chi connectivity index (χ4v) is 3.94. The lowest BCUT2D eigenvalue weighted by molar-refractivity contribution is -0.145. The summed E-state index contributed by atoms with van der Waals surface area (Å²) in [4.78, 5) is 23.5. The Morgan fingerprint density at radius 2 is 1.03 bits per heavy atom. The second-order valence-corrected chi connectivity index (χ2v) is 9.78. The Morgan fingerprint density at radius 3 is 1.50 bits per heavy atom. The van der Waals surface area contributed by atoms with E-state index < -0.39 is 0 Å². The van der Waals surface area contributed by atoms with Gasteiger partial charge in [0, 0.05) is 12.8 Å². The van der Waals surface area contributed by atoms with Crippen LogP contribution < -0.4 is 0 Å². The van der Waals surface area contributed by atoms with Crippen molar-refractivity contribution in [1.29, 1.82) is 0 Å². The maximum absolute atomic E-state index is 12.0. The molecule has 4 heteroatoms. The first-order valence-corrected chi connectivity index (χ1v) is 13.8. The third kappa shape index (κ3) is 20.8. The summed E-state index contributed by atoms with van der Waals surface area (Å²) in [6.45, 7) is 9.83. The average molecular weight is 455 g/mol. The summed E-state index contributed by atoms with van der Waals surface area (Å²) in [7, 11) is 0. The van der Waals surface area contributed by atoms with Gasteiger partial charge in [-0.2, -0.15) is 0 Å². The van der Waals surface area contributed by atoms with Crippen molar-refractivity contribution in [3.8, 4) is 0 Å². The van der Waals surface area contributed by atoms with Gasteiger partial charge < -0.3 is 9.47 Å². The Bertz CT molecular complexity index is 433. The van der Waals surface area contributed by atoms with Crippen molar-refractivity contribution in [3.05, 3.63) is 0 Å². The minimum Gasteiger partial charge on any atom is -0.466 e. The van der Waals surface area contributed by atoms with Crippen molar-refractivity contribution in [2.75, 3.05) is 13.2 Å². The SMILES string of the molecule is CCCCOC(=O)CCCCCCCCCCCCCC(CC(=O)OCCCC)C(C)C. The molecular weight excluding hydrogens is 400 g/mol. The largest absolute Gasteiger partial charge is 0.466 e. The van der Waals surface area contributed by atoms with Gasteiger partial charge in [0.1, 0.15) is 0 Å². The normalized spacial score (nSPS) is 12.2. The third-order valence-electron chi connectivity index (χ3n) is 6.35. The highest BCUT2D eigenvalue weighted by atomic mass is 16.5. The Labute approximate surface area is 199 Å². The molecule has 32 heavy (non-hydrogen) atoms. The van der Waals surface area contributed by atoms with Gasteiger partial charge in [-0.3, -0.25) is 9.59 Å². The highest BCUT2D eigenvalue weighted by molar-refractivity contribution is 5.69. The molecule has 0 aromatic heterocycles. The first kappa shape index (κ1) is 30.9. The average Bonchev–Trinajstić information content (AvgIpc) is 2.76.